The molecule has 2 N–H and O–H groups in total. The number of hydrogen-bond acceptors (Lipinski definition) is 5. The number of fused-ring (bicyclic) bond motifs is 1. The Morgan fingerprint density at radius 1 is 1.32 bits per heavy atom. The van der Waals surface area contributed by atoms with Crippen LogP contribution in [0.15, 0.2) is 46.5 Å². The number of rotatable bonds is 6. The van der Waals surface area contributed by atoms with Crippen molar-refractivity contribution < 1.29 is 4.79 Å². The average Bonchev–Trinajstić information content (AvgIpc) is 3.07. The number of hydrogen-bond donors (Lipinski definition) is 2. The maximum absolute atomic E-state index is 12.1. The van der Waals surface area contributed by atoms with Crippen LogP contribution < -0.4 is 16.6 Å². The molecule has 0 radical (unpaired) electrons. The van der Waals surface area contributed by atoms with Gasteiger partial charge >= 0.3 is 5.69 Å². The van der Waals surface area contributed by atoms with Gasteiger partial charge in [-0.05, 0) is 19.1 Å². The van der Waals surface area contributed by atoms with Crippen molar-refractivity contribution in [2.24, 2.45) is 0 Å². The highest BCUT2D eigenvalue weighted by molar-refractivity contribution is 5.78. The smallest absolute Gasteiger partial charge is 0.328 e. The number of aryl methyl sites for hydroxylation is 1. The minimum Gasteiger partial charge on any atom is -0.352 e. The summed E-state index contributed by atoms with van der Waals surface area (Å²) in [6, 6.07) is 6.68. The first-order chi connectivity index (χ1) is 12.0. The molecule has 0 saturated carbocycles. The van der Waals surface area contributed by atoms with Crippen LogP contribution >= 0.6 is 0 Å². The van der Waals surface area contributed by atoms with Gasteiger partial charge in [0.15, 0.2) is 0 Å². The van der Waals surface area contributed by atoms with E-state index >= 15 is 0 Å². The molecule has 0 aliphatic heterocycles. The molecule has 1 amide bonds. The van der Waals surface area contributed by atoms with Crippen LogP contribution in [0.5, 0.6) is 0 Å². The van der Waals surface area contributed by atoms with Crippen LogP contribution in [0.25, 0.3) is 10.9 Å². The molecule has 0 saturated heterocycles. The highest BCUT2D eigenvalue weighted by Crippen LogP contribution is 2.07. The summed E-state index contributed by atoms with van der Waals surface area (Å²) in [5.41, 5.74) is -0.436. The molecule has 2 heterocycles. The quantitative estimate of drug-likeness (QED) is 0.648. The molecule has 0 fully saturated rings. The third-order valence-corrected chi connectivity index (χ3v) is 3.80. The fraction of sp³-hybridized carbons (Fsp3) is 0.312. The molecular weight excluding hydrogens is 324 g/mol. The van der Waals surface area contributed by atoms with Crippen molar-refractivity contribution in [3.63, 3.8) is 0 Å². The van der Waals surface area contributed by atoms with Gasteiger partial charge in [0.1, 0.15) is 12.7 Å². The topological polar surface area (TPSA) is 115 Å². The van der Waals surface area contributed by atoms with Gasteiger partial charge in [-0.2, -0.15) is 5.10 Å². The molecule has 0 bridgehead atoms. The lowest BCUT2D eigenvalue weighted by Gasteiger charge is -2.14. The molecule has 1 atom stereocenters. The SMILES string of the molecule is CC(Cn1cncn1)NC(=O)CCn1c(=O)[nH]c(=O)c2ccccc21. The molecule has 3 rings (SSSR count). The lowest BCUT2D eigenvalue weighted by atomic mass is 10.2. The second-order valence-corrected chi connectivity index (χ2v) is 5.76. The molecule has 9 heteroatoms. The number of benzene rings is 1. The van der Waals surface area contributed by atoms with E-state index in [1.165, 1.54) is 10.9 Å². The van der Waals surface area contributed by atoms with Crippen LogP contribution in [0.1, 0.15) is 13.3 Å². The van der Waals surface area contributed by atoms with Crippen LogP contribution in [0.4, 0.5) is 0 Å². The monoisotopic (exact) mass is 342 g/mol. The standard InChI is InChI=1S/C16H18N6O3/c1-11(8-21-10-17-9-18-21)19-14(23)6-7-22-13-5-3-2-4-12(13)15(24)20-16(22)25/h2-5,9-11H,6-8H2,1H3,(H,19,23)(H,20,24,25). The van der Waals surface area contributed by atoms with Gasteiger partial charge in [-0.25, -0.2) is 9.78 Å². The van der Waals surface area contributed by atoms with Crippen LogP contribution in [0.2, 0.25) is 0 Å². The van der Waals surface area contributed by atoms with Crippen molar-refractivity contribution >= 4 is 16.8 Å². The Balaban J connectivity index is 1.67. The van der Waals surface area contributed by atoms with E-state index in [0.717, 1.165) is 0 Å². The van der Waals surface area contributed by atoms with Gasteiger partial charge in [-0.1, -0.05) is 12.1 Å². The van der Waals surface area contributed by atoms with E-state index in [0.29, 0.717) is 17.4 Å². The molecule has 130 valence electrons. The molecule has 9 nitrogen and oxygen atoms in total. The van der Waals surface area contributed by atoms with Gasteiger partial charge in [0.25, 0.3) is 5.56 Å². The van der Waals surface area contributed by atoms with Crippen molar-refractivity contribution in [3.05, 3.63) is 57.8 Å². The first-order valence-corrected chi connectivity index (χ1v) is 7.88. The number of amides is 1. The van der Waals surface area contributed by atoms with E-state index in [-0.39, 0.29) is 24.9 Å². The van der Waals surface area contributed by atoms with Gasteiger partial charge in [-0.15, -0.1) is 0 Å². The number of aromatic nitrogens is 5. The molecule has 0 aliphatic rings. The third kappa shape index (κ3) is 3.82. The summed E-state index contributed by atoms with van der Waals surface area (Å²) in [6.45, 7) is 2.55. The van der Waals surface area contributed by atoms with E-state index < -0.39 is 11.2 Å². The van der Waals surface area contributed by atoms with Gasteiger partial charge < -0.3 is 5.32 Å². The van der Waals surface area contributed by atoms with Crippen LogP contribution in [0.3, 0.4) is 0 Å². The molecule has 25 heavy (non-hydrogen) atoms. The fourth-order valence-electron chi connectivity index (χ4n) is 2.68. The van der Waals surface area contributed by atoms with E-state index in [4.69, 9.17) is 0 Å². The van der Waals surface area contributed by atoms with Gasteiger partial charge in [0.2, 0.25) is 5.91 Å². The van der Waals surface area contributed by atoms with E-state index in [9.17, 15) is 14.4 Å². The van der Waals surface area contributed by atoms with Gasteiger partial charge in [0.05, 0.1) is 17.4 Å². The van der Waals surface area contributed by atoms with Crippen LogP contribution in [-0.2, 0) is 17.9 Å². The average molecular weight is 342 g/mol. The predicted octanol–water partition coefficient (Wildman–Crippen LogP) is -0.124. The van der Waals surface area contributed by atoms with Crippen LogP contribution in [-0.4, -0.2) is 36.3 Å². The zero-order valence-corrected chi connectivity index (χ0v) is 13.7. The Kier molecular flexibility index (Phi) is 4.73. The summed E-state index contributed by atoms with van der Waals surface area (Å²) in [5.74, 6) is -0.185. The van der Waals surface area contributed by atoms with Gasteiger partial charge in [-0.3, -0.25) is 23.8 Å². The maximum atomic E-state index is 12.1. The van der Waals surface area contributed by atoms with E-state index in [1.807, 2.05) is 6.92 Å². The number of para-hydroxylation sites is 1. The Hall–Kier alpha value is -3.23. The van der Waals surface area contributed by atoms with E-state index in [1.54, 1.807) is 35.3 Å². The molecule has 0 aliphatic carbocycles. The van der Waals surface area contributed by atoms with E-state index in [2.05, 4.69) is 20.4 Å². The minimum atomic E-state index is -0.521. The highest BCUT2D eigenvalue weighted by Gasteiger charge is 2.11. The summed E-state index contributed by atoms with van der Waals surface area (Å²) >= 11 is 0. The molecule has 1 aromatic carbocycles. The number of H-pyrrole nitrogens is 1. The number of carbonyl (C=O) groups is 1. The molecular formula is C16H18N6O3. The first kappa shape index (κ1) is 16.6. The Morgan fingerprint density at radius 2 is 2.12 bits per heavy atom. The number of nitrogens with one attached hydrogen (secondary N) is 2. The van der Waals surface area contributed by atoms with Gasteiger partial charge in [0, 0.05) is 19.0 Å². The Bertz CT molecular complexity index is 989. The lowest BCUT2D eigenvalue weighted by Crippen LogP contribution is -2.37. The summed E-state index contributed by atoms with van der Waals surface area (Å²) in [5, 5.41) is 7.26. The summed E-state index contributed by atoms with van der Waals surface area (Å²) in [6.07, 6.45) is 3.13. The second-order valence-electron chi connectivity index (χ2n) is 5.76. The zero-order valence-electron chi connectivity index (χ0n) is 13.7. The first-order valence-electron chi connectivity index (χ1n) is 7.88. The summed E-state index contributed by atoms with van der Waals surface area (Å²) < 4.78 is 3.03. The third-order valence-electron chi connectivity index (χ3n) is 3.80. The number of carbonyl (C=O) groups excluding carboxylic acids is 1. The normalized spacial score (nSPS) is 12.2. The molecule has 3 aromatic rings. The molecule has 2 aromatic heterocycles. The van der Waals surface area contributed by atoms with Crippen molar-refractivity contribution in [2.45, 2.75) is 32.5 Å². The van der Waals surface area contributed by atoms with Crippen molar-refractivity contribution in [3.8, 4) is 0 Å². The fourth-order valence-corrected chi connectivity index (χ4v) is 2.68. The Morgan fingerprint density at radius 3 is 2.88 bits per heavy atom. The summed E-state index contributed by atoms with van der Waals surface area (Å²) in [7, 11) is 0. The molecule has 1 unspecified atom stereocenters. The predicted molar refractivity (Wildman–Crippen MR) is 91.1 cm³/mol. The lowest BCUT2D eigenvalue weighted by molar-refractivity contribution is -0.122. The molecule has 0 spiro atoms. The minimum absolute atomic E-state index is 0.123. The number of aromatic amines is 1. The zero-order chi connectivity index (χ0) is 17.8. The van der Waals surface area contributed by atoms with Crippen molar-refractivity contribution in [1.82, 2.24) is 29.6 Å². The Labute approximate surface area is 142 Å². The maximum Gasteiger partial charge on any atom is 0.328 e. The second kappa shape index (κ2) is 7.12. The largest absolute Gasteiger partial charge is 0.352 e. The van der Waals surface area contributed by atoms with Crippen molar-refractivity contribution in [2.75, 3.05) is 0 Å². The van der Waals surface area contributed by atoms with Crippen molar-refractivity contribution in [1.29, 1.82) is 0 Å². The highest BCUT2D eigenvalue weighted by atomic mass is 16.2. The van der Waals surface area contributed by atoms with Crippen LogP contribution in [0, 0.1) is 0 Å². The summed E-state index contributed by atoms with van der Waals surface area (Å²) in [4.78, 5) is 42.1. The number of nitrogens with zero attached hydrogens (tertiary/aromatic N) is 4.